The van der Waals surface area contributed by atoms with Crippen LogP contribution in [0.2, 0.25) is 5.02 Å². The van der Waals surface area contributed by atoms with Gasteiger partial charge in [0.25, 0.3) is 11.8 Å². The summed E-state index contributed by atoms with van der Waals surface area (Å²) < 4.78 is 6.20. The number of amides is 2. The molecule has 0 atom stereocenters. The SMILES string of the molecule is Cc1ccc(C(=O)N/N=C/c2ccc(OCC(=O)Nc3ccccc3Cl)c(Br)c2)cc1. The smallest absolute Gasteiger partial charge is 0.271 e. The van der Waals surface area contributed by atoms with Crippen molar-refractivity contribution in [2.75, 3.05) is 11.9 Å². The van der Waals surface area contributed by atoms with Gasteiger partial charge in [0.05, 0.1) is 21.4 Å². The molecule has 6 nitrogen and oxygen atoms in total. The summed E-state index contributed by atoms with van der Waals surface area (Å²) in [6.45, 7) is 1.78. The molecule has 0 aromatic heterocycles. The van der Waals surface area contributed by atoms with Crippen molar-refractivity contribution in [1.29, 1.82) is 0 Å². The Bertz CT molecular complexity index is 1120. The lowest BCUT2D eigenvalue weighted by Crippen LogP contribution is -2.20. The molecule has 0 fully saturated rings. The monoisotopic (exact) mass is 499 g/mol. The van der Waals surface area contributed by atoms with Crippen LogP contribution in [0.5, 0.6) is 5.75 Å². The molecule has 8 heteroatoms. The summed E-state index contributed by atoms with van der Waals surface area (Å²) >= 11 is 9.44. The topological polar surface area (TPSA) is 79.8 Å². The first-order valence-corrected chi connectivity index (χ1v) is 10.5. The molecule has 0 saturated carbocycles. The van der Waals surface area contributed by atoms with Crippen molar-refractivity contribution >= 4 is 51.2 Å². The van der Waals surface area contributed by atoms with Crippen molar-refractivity contribution in [1.82, 2.24) is 5.43 Å². The number of carbonyl (C=O) groups is 2. The first-order chi connectivity index (χ1) is 14.9. The van der Waals surface area contributed by atoms with Gasteiger partial charge >= 0.3 is 0 Å². The lowest BCUT2D eigenvalue weighted by Gasteiger charge is -2.10. The zero-order valence-electron chi connectivity index (χ0n) is 16.6. The van der Waals surface area contributed by atoms with E-state index in [1.54, 1.807) is 54.6 Å². The average molecular weight is 501 g/mol. The number of ether oxygens (including phenoxy) is 1. The van der Waals surface area contributed by atoms with Crippen LogP contribution in [0.4, 0.5) is 5.69 Å². The molecule has 3 aromatic carbocycles. The van der Waals surface area contributed by atoms with Gasteiger partial charge in [-0.15, -0.1) is 0 Å². The van der Waals surface area contributed by atoms with E-state index in [1.165, 1.54) is 6.21 Å². The third kappa shape index (κ3) is 6.67. The van der Waals surface area contributed by atoms with Crippen LogP contribution in [-0.2, 0) is 4.79 Å². The average Bonchev–Trinajstić information content (AvgIpc) is 2.75. The predicted octanol–water partition coefficient (Wildman–Crippen LogP) is 5.19. The molecule has 0 bridgehead atoms. The van der Waals surface area contributed by atoms with Crippen molar-refractivity contribution in [3.63, 3.8) is 0 Å². The van der Waals surface area contributed by atoms with Gasteiger partial charge in [-0.2, -0.15) is 5.10 Å². The number of nitrogens with zero attached hydrogens (tertiary/aromatic N) is 1. The Kier molecular flexibility index (Phi) is 7.81. The number of halogens is 2. The summed E-state index contributed by atoms with van der Waals surface area (Å²) in [4.78, 5) is 24.2. The molecule has 0 aliphatic carbocycles. The van der Waals surface area contributed by atoms with E-state index in [0.717, 1.165) is 11.1 Å². The largest absolute Gasteiger partial charge is 0.483 e. The van der Waals surface area contributed by atoms with Crippen LogP contribution in [0.15, 0.2) is 76.3 Å². The number of carbonyl (C=O) groups excluding carboxylic acids is 2. The van der Waals surface area contributed by atoms with Gasteiger partial charge in [0, 0.05) is 5.56 Å². The van der Waals surface area contributed by atoms with Crippen molar-refractivity contribution < 1.29 is 14.3 Å². The number of hydrogen-bond acceptors (Lipinski definition) is 4. The first-order valence-electron chi connectivity index (χ1n) is 9.29. The van der Waals surface area contributed by atoms with E-state index in [9.17, 15) is 9.59 Å². The van der Waals surface area contributed by atoms with Crippen LogP contribution >= 0.6 is 27.5 Å². The first kappa shape index (κ1) is 22.5. The fraction of sp³-hybridized carbons (Fsp3) is 0.0870. The zero-order chi connectivity index (χ0) is 22.2. The number of anilines is 1. The molecule has 0 spiro atoms. The maximum Gasteiger partial charge on any atom is 0.271 e. The Labute approximate surface area is 193 Å². The molecule has 0 aliphatic rings. The Morgan fingerprint density at radius 2 is 1.84 bits per heavy atom. The number of hydrogen-bond donors (Lipinski definition) is 2. The van der Waals surface area contributed by atoms with E-state index in [4.69, 9.17) is 16.3 Å². The second kappa shape index (κ2) is 10.7. The predicted molar refractivity (Wildman–Crippen MR) is 126 cm³/mol. The molecule has 0 unspecified atom stereocenters. The second-order valence-electron chi connectivity index (χ2n) is 6.57. The second-order valence-corrected chi connectivity index (χ2v) is 7.83. The summed E-state index contributed by atoms with van der Waals surface area (Å²) in [6.07, 6.45) is 1.52. The van der Waals surface area contributed by atoms with E-state index in [0.29, 0.717) is 26.5 Å². The molecule has 0 radical (unpaired) electrons. The van der Waals surface area contributed by atoms with Crippen LogP contribution in [0.3, 0.4) is 0 Å². The number of hydrazone groups is 1. The van der Waals surface area contributed by atoms with Crippen LogP contribution in [0.25, 0.3) is 0 Å². The third-order valence-electron chi connectivity index (χ3n) is 4.16. The highest BCUT2D eigenvalue weighted by Gasteiger charge is 2.09. The van der Waals surface area contributed by atoms with Gasteiger partial charge in [-0.25, -0.2) is 5.43 Å². The molecule has 0 aliphatic heterocycles. The summed E-state index contributed by atoms with van der Waals surface area (Å²) in [6, 6.07) is 19.4. The van der Waals surface area contributed by atoms with Gasteiger partial charge in [-0.3, -0.25) is 9.59 Å². The fourth-order valence-corrected chi connectivity index (χ4v) is 3.24. The van der Waals surface area contributed by atoms with E-state index >= 15 is 0 Å². The van der Waals surface area contributed by atoms with Gasteiger partial charge in [0.2, 0.25) is 0 Å². The van der Waals surface area contributed by atoms with E-state index < -0.39 is 0 Å². The molecular weight excluding hydrogens is 482 g/mol. The maximum absolute atomic E-state index is 12.1. The highest BCUT2D eigenvalue weighted by Crippen LogP contribution is 2.26. The normalized spacial score (nSPS) is 10.7. The van der Waals surface area contributed by atoms with E-state index in [-0.39, 0.29) is 18.4 Å². The number of rotatable bonds is 7. The molecule has 31 heavy (non-hydrogen) atoms. The molecule has 0 heterocycles. The van der Waals surface area contributed by atoms with Crippen LogP contribution in [-0.4, -0.2) is 24.6 Å². The summed E-state index contributed by atoms with van der Waals surface area (Å²) in [7, 11) is 0. The van der Waals surface area contributed by atoms with Gasteiger partial charge < -0.3 is 10.1 Å². The van der Waals surface area contributed by atoms with Gasteiger partial charge in [-0.1, -0.05) is 41.4 Å². The van der Waals surface area contributed by atoms with Gasteiger partial charge in [-0.05, 0) is 70.9 Å². The highest BCUT2D eigenvalue weighted by atomic mass is 79.9. The number of nitrogens with one attached hydrogen (secondary N) is 2. The van der Waals surface area contributed by atoms with Crippen molar-refractivity contribution in [3.05, 3.63) is 92.9 Å². The minimum absolute atomic E-state index is 0.177. The van der Waals surface area contributed by atoms with E-state index in [2.05, 4.69) is 31.8 Å². The Morgan fingerprint density at radius 1 is 1.10 bits per heavy atom. The Balaban J connectivity index is 1.52. The van der Waals surface area contributed by atoms with Crippen LogP contribution in [0, 0.1) is 6.92 Å². The van der Waals surface area contributed by atoms with Crippen molar-refractivity contribution in [2.24, 2.45) is 5.10 Å². The molecule has 2 amide bonds. The van der Waals surface area contributed by atoms with Crippen molar-refractivity contribution in [3.8, 4) is 5.75 Å². The third-order valence-corrected chi connectivity index (χ3v) is 5.11. The minimum atomic E-state index is -0.329. The summed E-state index contributed by atoms with van der Waals surface area (Å²) in [5.74, 6) is -0.126. The number of para-hydroxylation sites is 1. The molecule has 3 rings (SSSR count). The van der Waals surface area contributed by atoms with Crippen molar-refractivity contribution in [2.45, 2.75) is 6.92 Å². The molecule has 158 valence electrons. The number of aryl methyl sites for hydroxylation is 1. The molecular formula is C23H19BrClN3O3. The minimum Gasteiger partial charge on any atom is -0.483 e. The summed E-state index contributed by atoms with van der Waals surface area (Å²) in [5.41, 5.74) is 5.36. The standard InChI is InChI=1S/C23H19BrClN3O3/c1-15-6-9-17(10-7-15)23(30)28-26-13-16-8-11-21(18(24)12-16)31-14-22(29)27-20-5-3-2-4-19(20)25/h2-13H,14H2,1H3,(H,27,29)(H,28,30)/b26-13+. The number of benzene rings is 3. The van der Waals surface area contributed by atoms with Gasteiger partial charge in [0.1, 0.15) is 5.75 Å². The molecule has 0 saturated heterocycles. The Hall–Kier alpha value is -3.16. The summed E-state index contributed by atoms with van der Waals surface area (Å²) in [5, 5.41) is 7.13. The lowest BCUT2D eigenvalue weighted by molar-refractivity contribution is -0.118. The van der Waals surface area contributed by atoms with E-state index in [1.807, 2.05) is 19.1 Å². The lowest BCUT2D eigenvalue weighted by atomic mass is 10.1. The Morgan fingerprint density at radius 3 is 2.55 bits per heavy atom. The van der Waals surface area contributed by atoms with Crippen LogP contribution in [0.1, 0.15) is 21.5 Å². The van der Waals surface area contributed by atoms with Gasteiger partial charge in [0.15, 0.2) is 6.61 Å². The molecule has 3 aromatic rings. The molecule has 2 N–H and O–H groups in total. The maximum atomic E-state index is 12.1. The van der Waals surface area contributed by atoms with Crippen LogP contribution < -0.4 is 15.5 Å². The zero-order valence-corrected chi connectivity index (χ0v) is 18.9. The quantitative estimate of drug-likeness (QED) is 0.346. The highest BCUT2D eigenvalue weighted by molar-refractivity contribution is 9.10. The fourth-order valence-electron chi connectivity index (χ4n) is 2.54.